The lowest BCUT2D eigenvalue weighted by Crippen LogP contribution is -2.39. The molecular weight excluding hydrogens is 528 g/mol. The van der Waals surface area contributed by atoms with Gasteiger partial charge in [-0.2, -0.15) is 0 Å². The van der Waals surface area contributed by atoms with Crippen molar-refractivity contribution < 1.29 is 9.18 Å². The van der Waals surface area contributed by atoms with Gasteiger partial charge in [0.15, 0.2) is 5.96 Å². The Bertz CT molecular complexity index is 654. The van der Waals surface area contributed by atoms with Crippen LogP contribution in [0.1, 0.15) is 39.0 Å². The molecule has 31 heavy (non-hydrogen) atoms. The van der Waals surface area contributed by atoms with Crippen molar-refractivity contribution in [3.8, 4) is 0 Å². The molecule has 9 heteroatoms. The fourth-order valence-corrected chi connectivity index (χ4v) is 4.26. The van der Waals surface area contributed by atoms with E-state index in [4.69, 9.17) is 5.73 Å². The van der Waals surface area contributed by atoms with Gasteiger partial charge in [0.1, 0.15) is 5.82 Å². The first kappa shape index (κ1) is 28.0. The smallest absolute Gasteiger partial charge is 0.220 e. The summed E-state index contributed by atoms with van der Waals surface area (Å²) in [5.74, 6) is 1.55. The van der Waals surface area contributed by atoms with E-state index in [1.54, 1.807) is 11.8 Å². The van der Waals surface area contributed by atoms with Crippen LogP contribution >= 0.6 is 35.7 Å². The molecule has 1 aliphatic heterocycles. The van der Waals surface area contributed by atoms with Gasteiger partial charge in [-0.15, -0.1) is 35.7 Å². The summed E-state index contributed by atoms with van der Waals surface area (Å²) in [6.45, 7) is 7.58. The number of halogens is 2. The molecule has 1 aromatic rings. The molecule has 0 saturated carbocycles. The first-order valence-corrected chi connectivity index (χ1v) is 12.0. The zero-order chi connectivity index (χ0) is 21.6. The molecule has 0 radical (unpaired) electrons. The minimum atomic E-state index is -0.196. The minimum absolute atomic E-state index is 0. The maximum Gasteiger partial charge on any atom is 0.220 e. The number of nitrogens with zero attached hydrogens (tertiary/aromatic N) is 2. The Labute approximate surface area is 207 Å². The zero-order valence-corrected chi connectivity index (χ0v) is 21.6. The van der Waals surface area contributed by atoms with Crippen LogP contribution in [-0.4, -0.2) is 61.8 Å². The number of likely N-dealkylation sites (tertiary alicyclic amines) is 1. The van der Waals surface area contributed by atoms with E-state index >= 15 is 0 Å². The quantitative estimate of drug-likeness (QED) is 0.119. The predicted molar refractivity (Wildman–Crippen MR) is 139 cm³/mol. The monoisotopic (exact) mass is 565 g/mol. The number of nitrogens with one attached hydrogen (secondary N) is 2. The van der Waals surface area contributed by atoms with Crippen molar-refractivity contribution >= 4 is 47.6 Å². The van der Waals surface area contributed by atoms with Gasteiger partial charge < -0.3 is 21.3 Å². The number of piperidine rings is 1. The van der Waals surface area contributed by atoms with E-state index in [0.717, 1.165) is 88.0 Å². The Hall–Kier alpha value is -1.07. The van der Waals surface area contributed by atoms with Gasteiger partial charge in [-0.05, 0) is 88.7 Å². The third-order valence-corrected chi connectivity index (χ3v) is 6.28. The highest BCUT2D eigenvalue weighted by Crippen LogP contribution is 2.19. The largest absolute Gasteiger partial charge is 0.369 e. The van der Waals surface area contributed by atoms with Crippen molar-refractivity contribution in [3.05, 3.63) is 30.1 Å². The number of amides is 1. The summed E-state index contributed by atoms with van der Waals surface area (Å²) in [5.41, 5.74) is 5.39. The SMILES string of the molecule is CCNC(=NCCCSc1ccc(F)cc1)NCCCCN1CCC(C(N)=O)CC1.I. The average Bonchev–Trinajstić information content (AvgIpc) is 2.74. The van der Waals surface area contributed by atoms with Crippen LogP contribution < -0.4 is 16.4 Å². The Morgan fingerprint density at radius 1 is 1.19 bits per heavy atom. The number of nitrogens with two attached hydrogens (primary N) is 1. The Balaban J connectivity index is 0.00000480. The van der Waals surface area contributed by atoms with Crippen molar-refractivity contribution in [2.75, 3.05) is 45.0 Å². The molecule has 0 aromatic heterocycles. The van der Waals surface area contributed by atoms with E-state index in [1.807, 2.05) is 12.1 Å². The topological polar surface area (TPSA) is 82.8 Å². The summed E-state index contributed by atoms with van der Waals surface area (Å²) < 4.78 is 12.9. The van der Waals surface area contributed by atoms with Crippen molar-refractivity contribution in [2.24, 2.45) is 16.6 Å². The predicted octanol–water partition coefficient (Wildman–Crippen LogP) is 3.46. The van der Waals surface area contributed by atoms with Crippen LogP contribution in [0.5, 0.6) is 0 Å². The molecule has 1 heterocycles. The van der Waals surface area contributed by atoms with Crippen LogP contribution in [-0.2, 0) is 4.79 Å². The highest BCUT2D eigenvalue weighted by Gasteiger charge is 2.22. The Kier molecular flexibility index (Phi) is 14.9. The molecule has 1 aliphatic rings. The molecule has 1 amide bonds. The van der Waals surface area contributed by atoms with E-state index < -0.39 is 0 Å². The van der Waals surface area contributed by atoms with Gasteiger partial charge in [0.2, 0.25) is 5.91 Å². The number of hydrogen-bond donors (Lipinski definition) is 3. The van der Waals surface area contributed by atoms with Gasteiger partial charge in [0.25, 0.3) is 0 Å². The van der Waals surface area contributed by atoms with Crippen molar-refractivity contribution in [1.29, 1.82) is 0 Å². The van der Waals surface area contributed by atoms with Gasteiger partial charge in [0.05, 0.1) is 0 Å². The lowest BCUT2D eigenvalue weighted by atomic mass is 9.96. The van der Waals surface area contributed by atoms with Crippen LogP contribution in [0, 0.1) is 11.7 Å². The normalized spacial score (nSPS) is 15.4. The second-order valence-electron chi connectivity index (χ2n) is 7.57. The van der Waals surface area contributed by atoms with Crippen LogP contribution in [0.3, 0.4) is 0 Å². The van der Waals surface area contributed by atoms with E-state index in [2.05, 4.69) is 27.4 Å². The molecule has 0 spiro atoms. The third kappa shape index (κ3) is 11.9. The molecule has 0 unspecified atom stereocenters. The second-order valence-corrected chi connectivity index (χ2v) is 8.74. The maximum absolute atomic E-state index is 12.9. The van der Waals surface area contributed by atoms with Crippen LogP contribution in [0.2, 0.25) is 0 Å². The third-order valence-electron chi connectivity index (χ3n) is 5.18. The molecule has 0 atom stereocenters. The molecule has 176 valence electrons. The zero-order valence-electron chi connectivity index (χ0n) is 18.4. The molecule has 0 aliphatic carbocycles. The summed E-state index contributed by atoms with van der Waals surface area (Å²) in [6.07, 6.45) is 4.97. The van der Waals surface area contributed by atoms with Gasteiger partial charge in [-0.1, -0.05) is 0 Å². The maximum atomic E-state index is 12.9. The Morgan fingerprint density at radius 3 is 2.55 bits per heavy atom. The van der Waals surface area contributed by atoms with Crippen molar-refractivity contribution in [3.63, 3.8) is 0 Å². The summed E-state index contributed by atoms with van der Waals surface area (Å²) in [6, 6.07) is 6.62. The van der Waals surface area contributed by atoms with Crippen LogP contribution in [0.4, 0.5) is 4.39 Å². The van der Waals surface area contributed by atoms with Gasteiger partial charge >= 0.3 is 0 Å². The summed E-state index contributed by atoms with van der Waals surface area (Å²) in [5, 5.41) is 6.70. The minimum Gasteiger partial charge on any atom is -0.369 e. The number of unbranched alkanes of at least 4 members (excludes halogenated alkanes) is 1. The molecule has 1 saturated heterocycles. The molecule has 6 nitrogen and oxygen atoms in total. The fraction of sp³-hybridized carbons (Fsp3) is 0.636. The second kappa shape index (κ2) is 16.5. The standard InChI is InChI=1S/C22H36FN5OS.HI/c1-2-25-22(27-13-5-17-30-20-8-6-19(23)7-9-20)26-12-3-4-14-28-15-10-18(11-16-28)21(24)29;/h6-9,18H,2-5,10-17H2,1H3,(H2,24,29)(H2,25,26,27);1H. The number of benzene rings is 1. The first-order chi connectivity index (χ1) is 14.6. The number of guanidine groups is 1. The number of thioether (sulfide) groups is 1. The highest BCUT2D eigenvalue weighted by molar-refractivity contribution is 14.0. The van der Waals surface area contributed by atoms with Crippen LogP contribution in [0.25, 0.3) is 0 Å². The van der Waals surface area contributed by atoms with Gasteiger partial charge in [-0.25, -0.2) is 4.39 Å². The lowest BCUT2D eigenvalue weighted by Gasteiger charge is -2.30. The fourth-order valence-electron chi connectivity index (χ4n) is 3.43. The molecule has 2 rings (SSSR count). The number of carbonyl (C=O) groups is 1. The highest BCUT2D eigenvalue weighted by atomic mass is 127. The number of carbonyl (C=O) groups excluding carboxylic acids is 1. The van der Waals surface area contributed by atoms with Crippen LogP contribution in [0.15, 0.2) is 34.2 Å². The van der Waals surface area contributed by atoms with Crippen molar-refractivity contribution in [1.82, 2.24) is 15.5 Å². The summed E-state index contributed by atoms with van der Waals surface area (Å²) >= 11 is 1.73. The number of rotatable bonds is 12. The van der Waals surface area contributed by atoms with Crippen molar-refractivity contribution in [2.45, 2.75) is 43.9 Å². The summed E-state index contributed by atoms with van der Waals surface area (Å²) in [7, 11) is 0. The molecule has 0 bridgehead atoms. The number of aliphatic imine (C=N–C) groups is 1. The van der Waals surface area contributed by atoms with Gasteiger partial charge in [0, 0.05) is 30.4 Å². The van der Waals surface area contributed by atoms with Gasteiger partial charge in [-0.3, -0.25) is 9.79 Å². The molecule has 1 aromatic carbocycles. The van der Waals surface area contributed by atoms with E-state index in [0.29, 0.717) is 0 Å². The molecular formula is C22H37FIN5OS. The molecule has 1 fully saturated rings. The van der Waals surface area contributed by atoms with E-state index in [9.17, 15) is 9.18 Å². The first-order valence-electron chi connectivity index (χ1n) is 11.0. The average molecular weight is 566 g/mol. The lowest BCUT2D eigenvalue weighted by molar-refractivity contribution is -0.123. The number of hydrogen-bond acceptors (Lipinski definition) is 4. The number of primary amides is 1. The van der Waals surface area contributed by atoms with E-state index in [1.165, 1.54) is 12.1 Å². The molecule has 4 N–H and O–H groups in total. The Morgan fingerprint density at radius 2 is 1.90 bits per heavy atom. The summed E-state index contributed by atoms with van der Waals surface area (Å²) in [4.78, 5) is 19.4. The van der Waals surface area contributed by atoms with E-state index in [-0.39, 0.29) is 41.6 Å².